The van der Waals surface area contributed by atoms with Gasteiger partial charge in [-0.05, 0) is 42.8 Å². The van der Waals surface area contributed by atoms with Crippen LogP contribution in [0.5, 0.6) is 0 Å². The van der Waals surface area contributed by atoms with Gasteiger partial charge in [-0.3, -0.25) is 18.9 Å². The summed E-state index contributed by atoms with van der Waals surface area (Å²) >= 11 is -2.20. The summed E-state index contributed by atoms with van der Waals surface area (Å²) in [4.78, 5) is 28.3. The molecule has 0 aromatic heterocycles. The summed E-state index contributed by atoms with van der Waals surface area (Å²) in [5, 5.41) is 0. The lowest BCUT2D eigenvalue weighted by molar-refractivity contribution is 0.0715. The van der Waals surface area contributed by atoms with E-state index in [9.17, 15) is 22.6 Å². The second-order valence-corrected chi connectivity index (χ2v) is 7.17. The van der Waals surface area contributed by atoms with Gasteiger partial charge in [-0.2, -0.15) is 0 Å². The molecular weight excluding hydrogens is 404 g/mol. The Morgan fingerprint density at radius 2 is 1.55 bits per heavy atom. The first-order chi connectivity index (χ1) is 13.9. The number of nitrogens with one attached hydrogen (secondary N) is 1. The molecular formula is C19H19F2N3O4S. The predicted octanol–water partition coefficient (Wildman–Crippen LogP) is 2.50. The van der Waals surface area contributed by atoms with E-state index >= 15 is 0 Å². The molecule has 2 amide bonds. The van der Waals surface area contributed by atoms with Crippen LogP contribution in [0.3, 0.4) is 0 Å². The number of anilines is 1. The molecule has 2 aromatic carbocycles. The maximum Gasteiger partial charge on any atom is 0.259 e. The van der Waals surface area contributed by atoms with Crippen LogP contribution >= 0.6 is 0 Å². The highest BCUT2D eigenvalue weighted by Crippen LogP contribution is 2.17. The smallest absolute Gasteiger partial charge is 0.259 e. The van der Waals surface area contributed by atoms with Crippen molar-refractivity contribution in [2.45, 2.75) is 6.42 Å². The molecule has 1 aliphatic heterocycles. The van der Waals surface area contributed by atoms with E-state index in [1.807, 2.05) is 0 Å². The number of rotatable bonds is 4. The van der Waals surface area contributed by atoms with Crippen LogP contribution in [0.1, 0.15) is 27.1 Å². The van der Waals surface area contributed by atoms with Gasteiger partial charge in [0.1, 0.15) is 0 Å². The SMILES string of the molecule is O=C(c1ccc(NS(=O)O)cc1)N1CCCN(C(=O)c2cccc(F)c2F)CC1. The molecule has 2 aromatic rings. The lowest BCUT2D eigenvalue weighted by Gasteiger charge is -2.22. The Kier molecular flexibility index (Phi) is 6.55. The average Bonchev–Trinajstić information content (AvgIpc) is 2.95. The summed E-state index contributed by atoms with van der Waals surface area (Å²) in [6, 6.07) is 9.58. The largest absolute Gasteiger partial charge is 0.337 e. The van der Waals surface area contributed by atoms with Crippen molar-refractivity contribution in [2.75, 3.05) is 30.9 Å². The summed E-state index contributed by atoms with van der Waals surface area (Å²) in [5.74, 6) is -3.10. The third-order valence-electron chi connectivity index (χ3n) is 4.59. The number of halogens is 2. The van der Waals surface area contributed by atoms with Crippen LogP contribution in [0.4, 0.5) is 14.5 Å². The van der Waals surface area contributed by atoms with Gasteiger partial charge in [0.05, 0.1) is 5.56 Å². The number of hydrogen-bond acceptors (Lipinski definition) is 3. The lowest BCUT2D eigenvalue weighted by Crippen LogP contribution is -2.37. The molecule has 1 saturated heterocycles. The van der Waals surface area contributed by atoms with E-state index < -0.39 is 28.8 Å². The van der Waals surface area contributed by atoms with E-state index in [4.69, 9.17) is 4.55 Å². The molecule has 1 heterocycles. The molecule has 1 unspecified atom stereocenters. The molecule has 0 bridgehead atoms. The van der Waals surface area contributed by atoms with Gasteiger partial charge in [0, 0.05) is 37.4 Å². The number of amides is 2. The third-order valence-corrected chi connectivity index (χ3v) is 5.00. The molecule has 0 saturated carbocycles. The second kappa shape index (κ2) is 9.10. The zero-order valence-electron chi connectivity index (χ0n) is 15.3. The molecule has 154 valence electrons. The first-order valence-electron chi connectivity index (χ1n) is 8.87. The molecule has 2 N–H and O–H groups in total. The molecule has 0 aliphatic carbocycles. The van der Waals surface area contributed by atoms with E-state index in [1.165, 1.54) is 41.3 Å². The minimum Gasteiger partial charge on any atom is -0.337 e. The highest BCUT2D eigenvalue weighted by Gasteiger charge is 2.25. The molecule has 1 atom stereocenters. The number of nitrogens with zero attached hydrogens (tertiary/aromatic N) is 2. The van der Waals surface area contributed by atoms with Gasteiger partial charge < -0.3 is 9.80 Å². The van der Waals surface area contributed by atoms with Crippen LogP contribution < -0.4 is 4.72 Å². The third kappa shape index (κ3) is 4.96. The van der Waals surface area contributed by atoms with Gasteiger partial charge in [0.25, 0.3) is 23.1 Å². The maximum absolute atomic E-state index is 13.9. The first kappa shape index (κ1) is 20.9. The number of benzene rings is 2. The maximum atomic E-state index is 13.9. The van der Waals surface area contributed by atoms with Crippen molar-refractivity contribution in [1.29, 1.82) is 0 Å². The van der Waals surface area contributed by atoms with Gasteiger partial charge in [-0.25, -0.2) is 13.0 Å². The fraction of sp³-hybridized carbons (Fsp3) is 0.263. The van der Waals surface area contributed by atoms with E-state index in [-0.39, 0.29) is 24.6 Å². The minimum absolute atomic E-state index is 0.198. The van der Waals surface area contributed by atoms with Crippen LogP contribution in [0.15, 0.2) is 42.5 Å². The van der Waals surface area contributed by atoms with Crippen LogP contribution in [0.2, 0.25) is 0 Å². The Morgan fingerprint density at radius 1 is 0.931 bits per heavy atom. The molecule has 29 heavy (non-hydrogen) atoms. The summed E-state index contributed by atoms with van der Waals surface area (Å²) in [6.45, 7) is 1.18. The highest BCUT2D eigenvalue weighted by atomic mass is 32.2. The van der Waals surface area contributed by atoms with Crippen molar-refractivity contribution in [3.05, 3.63) is 65.2 Å². The monoisotopic (exact) mass is 423 g/mol. The van der Waals surface area contributed by atoms with Gasteiger partial charge in [-0.1, -0.05) is 6.07 Å². The van der Waals surface area contributed by atoms with Crippen molar-refractivity contribution in [2.24, 2.45) is 0 Å². The predicted molar refractivity (Wildman–Crippen MR) is 104 cm³/mol. The van der Waals surface area contributed by atoms with Gasteiger partial charge in [0.15, 0.2) is 11.6 Å². The van der Waals surface area contributed by atoms with E-state index in [2.05, 4.69) is 4.72 Å². The Balaban J connectivity index is 1.66. The summed E-state index contributed by atoms with van der Waals surface area (Å²) < 4.78 is 49.2. The Labute approximate surface area is 168 Å². The first-order valence-corrected chi connectivity index (χ1v) is 9.97. The molecule has 0 spiro atoms. The summed E-state index contributed by atoms with van der Waals surface area (Å²) in [7, 11) is 0. The standard InChI is InChI=1S/C19H19F2N3O4S/c20-16-4-1-3-15(17(16)21)19(26)24-10-2-9-23(11-12-24)18(25)13-5-7-14(8-6-13)22-29(27)28/h1,3-8,22H,2,9-12H2,(H,27,28). The number of hydrogen-bond donors (Lipinski definition) is 2. The quantitative estimate of drug-likeness (QED) is 0.740. The van der Waals surface area contributed by atoms with E-state index in [0.29, 0.717) is 30.8 Å². The van der Waals surface area contributed by atoms with Crippen molar-refractivity contribution < 1.29 is 27.1 Å². The van der Waals surface area contributed by atoms with Gasteiger partial charge in [-0.15, -0.1) is 0 Å². The Hall–Kier alpha value is -2.85. The fourth-order valence-corrected chi connectivity index (χ4v) is 3.46. The summed E-state index contributed by atoms with van der Waals surface area (Å²) in [6.07, 6.45) is 0.498. The van der Waals surface area contributed by atoms with E-state index in [1.54, 1.807) is 4.90 Å². The van der Waals surface area contributed by atoms with Crippen LogP contribution in [-0.4, -0.2) is 56.6 Å². The van der Waals surface area contributed by atoms with Crippen molar-refractivity contribution in [3.63, 3.8) is 0 Å². The normalized spacial score (nSPS) is 15.6. The minimum atomic E-state index is -2.20. The number of carbonyl (C=O) groups is 2. The van der Waals surface area contributed by atoms with Crippen LogP contribution in [0.25, 0.3) is 0 Å². The van der Waals surface area contributed by atoms with Crippen molar-refractivity contribution in [3.8, 4) is 0 Å². The van der Waals surface area contributed by atoms with Crippen LogP contribution in [-0.2, 0) is 11.3 Å². The van der Waals surface area contributed by atoms with Crippen molar-refractivity contribution in [1.82, 2.24) is 9.80 Å². The summed E-state index contributed by atoms with van der Waals surface area (Å²) in [5.41, 5.74) is 0.469. The molecule has 1 fully saturated rings. The van der Waals surface area contributed by atoms with Crippen molar-refractivity contribution >= 4 is 28.8 Å². The molecule has 3 rings (SSSR count). The number of carbonyl (C=O) groups excluding carboxylic acids is 2. The lowest BCUT2D eigenvalue weighted by atomic mass is 10.1. The van der Waals surface area contributed by atoms with E-state index in [0.717, 1.165) is 6.07 Å². The molecule has 0 radical (unpaired) electrons. The Morgan fingerprint density at radius 3 is 2.17 bits per heavy atom. The Bertz CT molecular complexity index is 940. The fourth-order valence-electron chi connectivity index (χ4n) is 3.13. The topological polar surface area (TPSA) is 89.9 Å². The van der Waals surface area contributed by atoms with Crippen LogP contribution in [0, 0.1) is 11.6 Å². The average molecular weight is 423 g/mol. The second-order valence-electron chi connectivity index (χ2n) is 6.47. The highest BCUT2D eigenvalue weighted by molar-refractivity contribution is 7.80. The zero-order valence-corrected chi connectivity index (χ0v) is 16.1. The van der Waals surface area contributed by atoms with Gasteiger partial charge >= 0.3 is 0 Å². The molecule has 10 heteroatoms. The molecule has 1 aliphatic rings. The van der Waals surface area contributed by atoms with Gasteiger partial charge in [0.2, 0.25) is 0 Å². The molecule has 7 nitrogen and oxygen atoms in total. The zero-order chi connectivity index (χ0) is 21.0.